The van der Waals surface area contributed by atoms with Gasteiger partial charge in [-0.3, -0.25) is 9.69 Å². The van der Waals surface area contributed by atoms with Gasteiger partial charge in [0.05, 0.1) is 11.0 Å². The van der Waals surface area contributed by atoms with Crippen molar-refractivity contribution in [1.29, 1.82) is 0 Å². The normalized spacial score (nSPS) is 19.5. The maximum Gasteiger partial charge on any atom is 0.242 e. The fraction of sp³-hybridized carbons (Fsp3) is 0.417. The Labute approximate surface area is 112 Å². The number of ether oxygens (including phenoxy) is 1. The highest BCUT2D eigenvalue weighted by Crippen LogP contribution is 2.17. The predicted octanol–water partition coefficient (Wildman–Crippen LogP) is 0.374. The van der Waals surface area contributed by atoms with Crippen molar-refractivity contribution < 1.29 is 13.7 Å². The molecule has 0 bridgehead atoms. The second-order valence-electron chi connectivity index (χ2n) is 4.48. The van der Waals surface area contributed by atoms with E-state index in [1.54, 1.807) is 19.2 Å². The van der Waals surface area contributed by atoms with E-state index in [0.717, 1.165) is 25.2 Å². The molecule has 1 unspecified atom stereocenters. The van der Waals surface area contributed by atoms with Crippen LogP contribution < -0.4 is 5.14 Å². The van der Waals surface area contributed by atoms with Crippen molar-refractivity contribution in [3.8, 4) is 0 Å². The summed E-state index contributed by atoms with van der Waals surface area (Å²) in [5, 5.41) is 5.48. The predicted molar refractivity (Wildman–Crippen MR) is 71.6 cm³/mol. The zero-order valence-corrected chi connectivity index (χ0v) is 11.5. The van der Waals surface area contributed by atoms with Crippen molar-refractivity contribution in [1.82, 2.24) is 4.90 Å². The van der Waals surface area contributed by atoms with Gasteiger partial charge in [0.25, 0.3) is 0 Å². The van der Waals surface area contributed by atoms with E-state index in [1.807, 2.05) is 12.1 Å². The van der Waals surface area contributed by atoms with Gasteiger partial charge < -0.3 is 4.74 Å². The van der Waals surface area contributed by atoms with E-state index in [-0.39, 0.29) is 6.41 Å². The van der Waals surface area contributed by atoms with Gasteiger partial charge in [0.15, 0.2) is 0 Å². The number of carbonyl (C=O) groups excluding carboxylic acids is 1. The average molecular weight is 283 g/mol. The van der Waals surface area contributed by atoms with Gasteiger partial charge in [0.1, 0.15) is 9.92 Å². The van der Waals surface area contributed by atoms with Crippen LogP contribution in [0.5, 0.6) is 0 Å². The molecule has 1 atom stereocenters. The smallest absolute Gasteiger partial charge is 0.242 e. The minimum Gasteiger partial charge on any atom is -0.379 e. The van der Waals surface area contributed by atoms with Crippen LogP contribution in [0.1, 0.15) is 5.56 Å². The van der Waals surface area contributed by atoms with Crippen LogP contribution in [0.15, 0.2) is 33.5 Å². The summed E-state index contributed by atoms with van der Waals surface area (Å²) in [7, 11) is -1.37. The van der Waals surface area contributed by atoms with Gasteiger partial charge >= 0.3 is 0 Å². The highest BCUT2D eigenvalue weighted by Gasteiger charge is 2.25. The number of carbonyl (C=O) groups is 1. The van der Waals surface area contributed by atoms with Gasteiger partial charge in [-0.1, -0.05) is 12.1 Å². The first kappa shape index (κ1) is 14.1. The van der Waals surface area contributed by atoms with Gasteiger partial charge in [0.2, 0.25) is 6.41 Å². The lowest BCUT2D eigenvalue weighted by molar-refractivity contribution is -0.106. The molecule has 1 aliphatic rings. The summed E-state index contributed by atoms with van der Waals surface area (Å²) in [5.74, 6) is 0. The summed E-state index contributed by atoms with van der Waals surface area (Å²) in [5.41, 5.74) is 1.10. The molecule has 19 heavy (non-hydrogen) atoms. The van der Waals surface area contributed by atoms with E-state index in [2.05, 4.69) is 9.26 Å². The maximum absolute atomic E-state index is 11.8. The summed E-state index contributed by atoms with van der Waals surface area (Å²) >= 11 is 0. The minimum atomic E-state index is -3.09. The van der Waals surface area contributed by atoms with Crippen molar-refractivity contribution >= 4 is 16.3 Å². The van der Waals surface area contributed by atoms with Crippen molar-refractivity contribution in [2.24, 2.45) is 9.50 Å². The molecule has 1 aromatic rings. The van der Waals surface area contributed by atoms with E-state index >= 15 is 0 Å². The molecule has 0 spiro atoms. The van der Waals surface area contributed by atoms with Crippen molar-refractivity contribution in [2.75, 3.05) is 20.2 Å². The van der Waals surface area contributed by atoms with E-state index in [9.17, 15) is 9.00 Å². The standard InChI is InChI=1S/C12H17N3O3S/c1-18-11-7-15(8-11)6-10-2-4-12(5-3-10)19(13,17)14-9-16/h2-5,9,11H,6-8H2,1H3,(H2,13,14,16,17). The van der Waals surface area contributed by atoms with Crippen LogP contribution >= 0.6 is 0 Å². The fourth-order valence-corrected chi connectivity index (χ4v) is 2.75. The molecule has 1 aliphatic heterocycles. The molecular weight excluding hydrogens is 266 g/mol. The minimum absolute atomic E-state index is 0.223. The molecule has 0 aromatic heterocycles. The van der Waals surface area contributed by atoms with Crippen LogP contribution in [0.4, 0.5) is 0 Å². The number of amides is 1. The molecular formula is C12H17N3O3S. The first-order valence-electron chi connectivity index (χ1n) is 5.87. The number of hydrogen-bond donors (Lipinski definition) is 1. The number of hydrogen-bond acceptors (Lipinski definition) is 4. The van der Waals surface area contributed by atoms with E-state index < -0.39 is 9.92 Å². The number of nitrogens with zero attached hydrogens (tertiary/aromatic N) is 2. The van der Waals surface area contributed by atoms with Crippen molar-refractivity contribution in [2.45, 2.75) is 17.5 Å². The summed E-state index contributed by atoms with van der Waals surface area (Å²) in [6.45, 7) is 2.66. The van der Waals surface area contributed by atoms with Crippen LogP contribution in [0, 0.1) is 0 Å². The van der Waals surface area contributed by atoms with Crippen LogP contribution in [0.25, 0.3) is 0 Å². The Hall–Kier alpha value is -1.28. The molecule has 6 nitrogen and oxygen atoms in total. The molecule has 1 heterocycles. The molecule has 0 aliphatic carbocycles. The second-order valence-corrected chi connectivity index (χ2v) is 6.29. The number of rotatable bonds is 5. The van der Waals surface area contributed by atoms with Gasteiger partial charge in [0, 0.05) is 26.7 Å². The van der Waals surface area contributed by atoms with Gasteiger partial charge in [-0.05, 0) is 17.7 Å². The molecule has 2 N–H and O–H groups in total. The van der Waals surface area contributed by atoms with Crippen molar-refractivity contribution in [3.63, 3.8) is 0 Å². The molecule has 104 valence electrons. The summed E-state index contributed by atoms with van der Waals surface area (Å²) in [6.07, 6.45) is 0.551. The Kier molecular flexibility index (Phi) is 4.31. The van der Waals surface area contributed by atoms with Crippen LogP contribution in [0.2, 0.25) is 0 Å². The number of nitrogens with two attached hydrogens (primary N) is 1. The maximum atomic E-state index is 11.8. The highest BCUT2D eigenvalue weighted by molar-refractivity contribution is 7.91. The second kappa shape index (κ2) is 5.79. The zero-order valence-electron chi connectivity index (χ0n) is 10.7. The van der Waals surface area contributed by atoms with Crippen molar-refractivity contribution in [3.05, 3.63) is 29.8 Å². The summed E-state index contributed by atoms with van der Waals surface area (Å²) < 4.78 is 20.3. The summed E-state index contributed by atoms with van der Waals surface area (Å²) in [4.78, 5) is 12.9. The van der Waals surface area contributed by atoms with Crippen LogP contribution in [0.3, 0.4) is 0 Å². The molecule has 1 saturated heterocycles. The third kappa shape index (κ3) is 3.38. The molecule has 1 amide bonds. The topological polar surface area (TPSA) is 85.0 Å². The fourth-order valence-electron chi connectivity index (χ4n) is 1.97. The number of likely N-dealkylation sites (tertiary alicyclic amines) is 1. The van der Waals surface area contributed by atoms with E-state index in [4.69, 9.17) is 9.88 Å². The van der Waals surface area contributed by atoms with Gasteiger partial charge in [-0.15, -0.1) is 4.36 Å². The molecule has 0 radical (unpaired) electrons. The van der Waals surface area contributed by atoms with Crippen LogP contribution in [-0.2, 0) is 26.0 Å². The Morgan fingerprint density at radius 2 is 2.11 bits per heavy atom. The molecule has 1 fully saturated rings. The third-order valence-corrected chi connectivity index (χ3v) is 4.47. The highest BCUT2D eigenvalue weighted by atomic mass is 32.2. The molecule has 0 saturated carbocycles. The Morgan fingerprint density at radius 1 is 1.47 bits per heavy atom. The Balaban J connectivity index is 2.02. The lowest BCUT2D eigenvalue weighted by Crippen LogP contribution is -2.50. The lowest BCUT2D eigenvalue weighted by atomic mass is 10.1. The Bertz CT molecular complexity index is 558. The summed E-state index contributed by atoms with van der Waals surface area (Å²) in [6, 6.07) is 7.00. The molecule has 2 rings (SSSR count). The lowest BCUT2D eigenvalue weighted by Gasteiger charge is -2.38. The zero-order chi connectivity index (χ0) is 13.9. The quantitative estimate of drug-likeness (QED) is 0.791. The van der Waals surface area contributed by atoms with Gasteiger partial charge in [-0.2, -0.15) is 0 Å². The first-order valence-corrected chi connectivity index (χ1v) is 7.45. The Morgan fingerprint density at radius 3 is 2.63 bits per heavy atom. The average Bonchev–Trinajstić information content (AvgIpc) is 2.34. The van der Waals surface area contributed by atoms with E-state index in [0.29, 0.717) is 11.0 Å². The molecule has 1 aromatic carbocycles. The van der Waals surface area contributed by atoms with E-state index in [1.165, 1.54) is 0 Å². The third-order valence-electron chi connectivity index (χ3n) is 3.12. The first-order chi connectivity index (χ1) is 9.05. The van der Waals surface area contributed by atoms with Crippen LogP contribution in [-0.4, -0.2) is 41.8 Å². The number of methoxy groups -OCH3 is 1. The SMILES string of the molecule is COC1CN(Cc2ccc(S(N)(=O)=NC=O)cc2)C1. The molecule has 7 heteroatoms. The number of benzene rings is 1. The van der Waals surface area contributed by atoms with Gasteiger partial charge in [-0.25, -0.2) is 9.35 Å². The largest absolute Gasteiger partial charge is 0.379 e. The monoisotopic (exact) mass is 283 g/mol.